The van der Waals surface area contributed by atoms with Gasteiger partial charge in [-0.15, -0.1) is 11.3 Å². The summed E-state index contributed by atoms with van der Waals surface area (Å²) in [6.07, 6.45) is 0. The van der Waals surface area contributed by atoms with E-state index >= 15 is 0 Å². The highest BCUT2D eigenvalue weighted by Crippen LogP contribution is 2.29. The van der Waals surface area contributed by atoms with Crippen molar-refractivity contribution < 1.29 is 14.3 Å². The van der Waals surface area contributed by atoms with Gasteiger partial charge in [-0.05, 0) is 53.8 Å². The van der Waals surface area contributed by atoms with Gasteiger partial charge in [-0.1, -0.05) is 42.5 Å². The summed E-state index contributed by atoms with van der Waals surface area (Å²) in [5.74, 6) is 1.76. The first-order valence-electron chi connectivity index (χ1n) is 10.4. The lowest BCUT2D eigenvalue weighted by atomic mass is 10.2. The highest BCUT2D eigenvalue weighted by molar-refractivity contribution is 7.71. The fourth-order valence-corrected chi connectivity index (χ4v) is 4.37. The first kappa shape index (κ1) is 22.8. The second-order valence-corrected chi connectivity index (χ2v) is 8.69. The van der Waals surface area contributed by atoms with Crippen molar-refractivity contribution in [1.82, 2.24) is 20.1 Å². The molecule has 0 aliphatic carbocycles. The number of carbonyl (C=O) groups is 1. The standard InChI is InChI=1S/C24H24N4O3S2/c1-16(28-22(26-27-24(28)32)21-9-6-12-33-21)23(29)25-14-18-10-11-19(20(13-18)30-2)31-15-17-7-4-3-5-8-17/h3-13,16H,14-15H2,1-2H3,(H,25,29)(H,27,32). The zero-order chi connectivity index (χ0) is 23.2. The third-order valence-corrected chi connectivity index (χ3v) is 6.30. The van der Waals surface area contributed by atoms with Crippen molar-refractivity contribution in [2.24, 2.45) is 0 Å². The number of hydrogen-bond acceptors (Lipinski definition) is 6. The predicted molar refractivity (Wildman–Crippen MR) is 131 cm³/mol. The molecule has 0 saturated carbocycles. The van der Waals surface area contributed by atoms with Crippen LogP contribution in [-0.2, 0) is 17.9 Å². The summed E-state index contributed by atoms with van der Waals surface area (Å²) in [4.78, 5) is 13.8. The fourth-order valence-electron chi connectivity index (χ4n) is 3.37. The minimum atomic E-state index is -0.524. The molecule has 2 aromatic heterocycles. The van der Waals surface area contributed by atoms with Crippen molar-refractivity contribution >= 4 is 29.5 Å². The Morgan fingerprint density at radius 3 is 2.70 bits per heavy atom. The molecule has 0 aliphatic rings. The summed E-state index contributed by atoms with van der Waals surface area (Å²) < 4.78 is 13.5. The number of rotatable bonds is 9. The minimum Gasteiger partial charge on any atom is -0.493 e. The molecule has 0 spiro atoms. The number of hydrogen-bond donors (Lipinski definition) is 2. The Morgan fingerprint density at radius 2 is 1.97 bits per heavy atom. The number of methoxy groups -OCH3 is 1. The van der Waals surface area contributed by atoms with Crippen LogP contribution in [0.4, 0.5) is 0 Å². The number of nitrogens with zero attached hydrogens (tertiary/aromatic N) is 2. The van der Waals surface area contributed by atoms with Crippen molar-refractivity contribution in [3.05, 3.63) is 81.9 Å². The molecule has 0 bridgehead atoms. The summed E-state index contributed by atoms with van der Waals surface area (Å²) >= 11 is 6.91. The smallest absolute Gasteiger partial charge is 0.243 e. The van der Waals surface area contributed by atoms with E-state index in [-0.39, 0.29) is 5.91 Å². The molecule has 2 heterocycles. The maximum Gasteiger partial charge on any atom is 0.243 e. The molecule has 7 nitrogen and oxygen atoms in total. The SMILES string of the molecule is COc1cc(CNC(=O)C(C)n2c(-c3cccs3)n[nH]c2=S)ccc1OCc1ccccc1. The van der Waals surface area contributed by atoms with Crippen molar-refractivity contribution in [1.29, 1.82) is 0 Å². The van der Waals surface area contributed by atoms with E-state index in [1.807, 2.05) is 66.0 Å². The molecule has 2 aromatic carbocycles. The minimum absolute atomic E-state index is 0.159. The first-order valence-corrected chi connectivity index (χ1v) is 11.7. The van der Waals surface area contributed by atoms with Crippen LogP contribution in [0.2, 0.25) is 0 Å². The number of nitrogens with one attached hydrogen (secondary N) is 2. The second-order valence-electron chi connectivity index (χ2n) is 7.35. The van der Waals surface area contributed by atoms with Gasteiger partial charge in [0.25, 0.3) is 0 Å². The van der Waals surface area contributed by atoms with Crippen LogP contribution in [0, 0.1) is 4.77 Å². The van der Waals surface area contributed by atoms with Gasteiger partial charge in [0.1, 0.15) is 12.6 Å². The van der Waals surface area contributed by atoms with E-state index in [0.29, 0.717) is 35.2 Å². The van der Waals surface area contributed by atoms with Crippen molar-refractivity contribution in [3.8, 4) is 22.2 Å². The molecule has 0 aliphatic heterocycles. The summed E-state index contributed by atoms with van der Waals surface area (Å²) in [5.41, 5.74) is 1.97. The zero-order valence-corrected chi connectivity index (χ0v) is 19.9. The van der Waals surface area contributed by atoms with Gasteiger partial charge in [0.2, 0.25) is 5.91 Å². The number of thiophene rings is 1. The lowest BCUT2D eigenvalue weighted by Crippen LogP contribution is -2.31. The van der Waals surface area contributed by atoms with Gasteiger partial charge in [0, 0.05) is 6.54 Å². The molecular formula is C24H24N4O3S2. The highest BCUT2D eigenvalue weighted by atomic mass is 32.1. The van der Waals surface area contributed by atoms with E-state index in [2.05, 4.69) is 15.5 Å². The molecule has 2 N–H and O–H groups in total. The summed E-state index contributed by atoms with van der Waals surface area (Å²) in [6.45, 7) is 2.60. The second kappa shape index (κ2) is 10.5. The summed E-state index contributed by atoms with van der Waals surface area (Å²) in [6, 6.07) is 18.9. The lowest BCUT2D eigenvalue weighted by molar-refractivity contribution is -0.124. The van der Waals surface area contributed by atoms with Gasteiger partial charge in [-0.25, -0.2) is 0 Å². The van der Waals surface area contributed by atoms with Crippen LogP contribution in [0.3, 0.4) is 0 Å². The van der Waals surface area contributed by atoms with E-state index in [0.717, 1.165) is 16.0 Å². The highest BCUT2D eigenvalue weighted by Gasteiger charge is 2.21. The van der Waals surface area contributed by atoms with Crippen LogP contribution in [0.15, 0.2) is 66.0 Å². The van der Waals surface area contributed by atoms with E-state index in [4.69, 9.17) is 21.7 Å². The fraction of sp³-hybridized carbons (Fsp3) is 0.208. The molecule has 170 valence electrons. The molecule has 0 saturated heterocycles. The number of benzene rings is 2. The first-order chi connectivity index (χ1) is 16.1. The van der Waals surface area contributed by atoms with Crippen LogP contribution >= 0.6 is 23.6 Å². The van der Waals surface area contributed by atoms with Crippen LogP contribution in [-0.4, -0.2) is 27.8 Å². The maximum atomic E-state index is 12.9. The van der Waals surface area contributed by atoms with Gasteiger partial charge in [0.15, 0.2) is 22.1 Å². The summed E-state index contributed by atoms with van der Waals surface area (Å²) in [5, 5.41) is 12.0. The molecule has 9 heteroatoms. The Balaban J connectivity index is 1.41. The monoisotopic (exact) mass is 480 g/mol. The molecule has 0 fully saturated rings. The molecule has 1 amide bonds. The predicted octanol–water partition coefficient (Wildman–Crippen LogP) is 5.13. The van der Waals surface area contributed by atoms with Gasteiger partial charge in [-0.3, -0.25) is 14.5 Å². The average Bonchev–Trinajstić information content (AvgIpc) is 3.51. The van der Waals surface area contributed by atoms with Crippen molar-refractivity contribution in [2.75, 3.05) is 7.11 Å². The quantitative estimate of drug-likeness (QED) is 0.325. The normalized spacial score (nSPS) is 11.7. The van der Waals surface area contributed by atoms with Crippen LogP contribution in [0.25, 0.3) is 10.7 Å². The van der Waals surface area contributed by atoms with E-state index < -0.39 is 6.04 Å². The largest absolute Gasteiger partial charge is 0.493 e. The Labute approximate surface area is 201 Å². The Hall–Kier alpha value is -3.43. The number of aromatic nitrogens is 3. The number of H-pyrrole nitrogens is 1. The Bertz CT molecular complexity index is 1270. The number of aromatic amines is 1. The number of ether oxygens (including phenoxy) is 2. The molecule has 33 heavy (non-hydrogen) atoms. The molecule has 1 atom stereocenters. The van der Waals surface area contributed by atoms with Gasteiger partial charge < -0.3 is 14.8 Å². The van der Waals surface area contributed by atoms with E-state index in [9.17, 15) is 4.79 Å². The molecule has 4 rings (SSSR count). The van der Waals surface area contributed by atoms with E-state index in [1.165, 1.54) is 0 Å². The van der Waals surface area contributed by atoms with Crippen molar-refractivity contribution in [3.63, 3.8) is 0 Å². The Morgan fingerprint density at radius 1 is 1.15 bits per heavy atom. The van der Waals surface area contributed by atoms with E-state index in [1.54, 1.807) is 29.9 Å². The lowest BCUT2D eigenvalue weighted by Gasteiger charge is -2.16. The Kier molecular flexibility index (Phi) is 7.21. The van der Waals surface area contributed by atoms with Crippen LogP contribution in [0.1, 0.15) is 24.1 Å². The van der Waals surface area contributed by atoms with Gasteiger partial charge >= 0.3 is 0 Å². The van der Waals surface area contributed by atoms with Gasteiger partial charge in [0.05, 0.1) is 12.0 Å². The summed E-state index contributed by atoms with van der Waals surface area (Å²) in [7, 11) is 1.60. The average molecular weight is 481 g/mol. The third-order valence-electron chi connectivity index (χ3n) is 5.14. The van der Waals surface area contributed by atoms with Crippen molar-refractivity contribution in [2.45, 2.75) is 26.1 Å². The molecule has 4 aromatic rings. The topological polar surface area (TPSA) is 81.2 Å². The molecule has 1 unspecified atom stereocenters. The maximum absolute atomic E-state index is 12.9. The van der Waals surface area contributed by atoms with Crippen LogP contribution < -0.4 is 14.8 Å². The molecule has 0 radical (unpaired) electrons. The number of carbonyl (C=O) groups excluding carboxylic acids is 1. The third kappa shape index (κ3) is 5.32. The zero-order valence-electron chi connectivity index (χ0n) is 18.3. The molecular weight excluding hydrogens is 456 g/mol. The number of amides is 1. The van der Waals surface area contributed by atoms with Crippen LogP contribution in [0.5, 0.6) is 11.5 Å². The van der Waals surface area contributed by atoms with Gasteiger partial charge in [-0.2, -0.15) is 5.10 Å².